The van der Waals surface area contributed by atoms with Crippen molar-refractivity contribution < 1.29 is 9.59 Å². The SMILES string of the molecule is CC1NC(=O)CN(c2cccc3ncccc23)C1=O. The van der Waals surface area contributed by atoms with Gasteiger partial charge in [0, 0.05) is 11.6 Å². The Hall–Kier alpha value is -2.43. The van der Waals surface area contributed by atoms with E-state index < -0.39 is 6.04 Å². The first kappa shape index (κ1) is 11.6. The fourth-order valence-corrected chi connectivity index (χ4v) is 2.33. The highest BCUT2D eigenvalue weighted by Crippen LogP contribution is 2.26. The van der Waals surface area contributed by atoms with Crippen molar-refractivity contribution in [3.8, 4) is 0 Å². The van der Waals surface area contributed by atoms with E-state index in [1.165, 1.54) is 4.90 Å². The Morgan fingerprint density at radius 1 is 1.26 bits per heavy atom. The number of nitrogens with zero attached hydrogens (tertiary/aromatic N) is 2. The maximum Gasteiger partial charge on any atom is 0.249 e. The zero-order chi connectivity index (χ0) is 13.4. The highest BCUT2D eigenvalue weighted by molar-refractivity contribution is 6.10. The number of piperazine rings is 1. The van der Waals surface area contributed by atoms with Crippen LogP contribution in [0.15, 0.2) is 36.5 Å². The summed E-state index contributed by atoms with van der Waals surface area (Å²) in [6.07, 6.45) is 1.71. The van der Waals surface area contributed by atoms with Crippen LogP contribution in [-0.2, 0) is 9.59 Å². The van der Waals surface area contributed by atoms with Crippen molar-refractivity contribution in [2.45, 2.75) is 13.0 Å². The molecule has 0 aliphatic carbocycles. The van der Waals surface area contributed by atoms with Gasteiger partial charge in [-0.25, -0.2) is 0 Å². The monoisotopic (exact) mass is 255 g/mol. The van der Waals surface area contributed by atoms with Crippen molar-refractivity contribution >= 4 is 28.4 Å². The molecule has 1 atom stereocenters. The van der Waals surface area contributed by atoms with Crippen LogP contribution in [0.4, 0.5) is 5.69 Å². The quantitative estimate of drug-likeness (QED) is 0.829. The second-order valence-electron chi connectivity index (χ2n) is 4.56. The Bertz CT molecular complexity index is 663. The molecule has 0 radical (unpaired) electrons. The topological polar surface area (TPSA) is 62.3 Å². The normalized spacial score (nSPS) is 19.6. The fourth-order valence-electron chi connectivity index (χ4n) is 2.33. The summed E-state index contributed by atoms with van der Waals surface area (Å²) in [5.41, 5.74) is 1.55. The Labute approximate surface area is 110 Å². The third-order valence-electron chi connectivity index (χ3n) is 3.23. The average Bonchev–Trinajstić information content (AvgIpc) is 2.42. The van der Waals surface area contributed by atoms with Gasteiger partial charge >= 0.3 is 0 Å². The van der Waals surface area contributed by atoms with Crippen LogP contribution in [0, 0.1) is 0 Å². The van der Waals surface area contributed by atoms with Gasteiger partial charge in [-0.2, -0.15) is 0 Å². The highest BCUT2D eigenvalue weighted by atomic mass is 16.2. The summed E-state index contributed by atoms with van der Waals surface area (Å²) in [7, 11) is 0. The number of rotatable bonds is 1. The molecule has 1 aromatic heterocycles. The molecule has 0 spiro atoms. The van der Waals surface area contributed by atoms with E-state index in [1.807, 2.05) is 30.3 Å². The number of pyridine rings is 1. The fraction of sp³-hybridized carbons (Fsp3) is 0.214. The van der Waals surface area contributed by atoms with Gasteiger partial charge < -0.3 is 10.2 Å². The van der Waals surface area contributed by atoms with Crippen LogP contribution in [0.1, 0.15) is 6.92 Å². The first-order valence-electron chi connectivity index (χ1n) is 6.11. The molecule has 19 heavy (non-hydrogen) atoms. The van der Waals surface area contributed by atoms with Crippen LogP contribution in [0.25, 0.3) is 10.9 Å². The minimum Gasteiger partial charge on any atom is -0.343 e. The summed E-state index contributed by atoms with van der Waals surface area (Å²) in [6, 6.07) is 8.80. The van der Waals surface area contributed by atoms with Gasteiger partial charge in [0.15, 0.2) is 0 Å². The summed E-state index contributed by atoms with van der Waals surface area (Å²) in [6.45, 7) is 1.74. The van der Waals surface area contributed by atoms with Crippen LogP contribution < -0.4 is 10.2 Å². The molecule has 1 aromatic carbocycles. The van der Waals surface area contributed by atoms with Crippen molar-refractivity contribution in [2.75, 3.05) is 11.4 Å². The molecule has 1 fully saturated rings. The van der Waals surface area contributed by atoms with Crippen molar-refractivity contribution in [2.24, 2.45) is 0 Å². The van der Waals surface area contributed by atoms with E-state index in [-0.39, 0.29) is 18.4 Å². The molecule has 1 unspecified atom stereocenters. The van der Waals surface area contributed by atoms with Gasteiger partial charge in [0.2, 0.25) is 11.8 Å². The third-order valence-corrected chi connectivity index (χ3v) is 3.23. The highest BCUT2D eigenvalue weighted by Gasteiger charge is 2.31. The Morgan fingerprint density at radius 3 is 2.95 bits per heavy atom. The molecule has 3 rings (SSSR count). The Balaban J connectivity index is 2.13. The molecule has 2 aromatic rings. The van der Waals surface area contributed by atoms with E-state index in [1.54, 1.807) is 13.1 Å². The smallest absolute Gasteiger partial charge is 0.249 e. The summed E-state index contributed by atoms with van der Waals surface area (Å²) in [4.78, 5) is 29.6. The molecule has 5 nitrogen and oxygen atoms in total. The van der Waals surface area contributed by atoms with E-state index in [0.29, 0.717) is 0 Å². The van der Waals surface area contributed by atoms with Crippen molar-refractivity contribution in [1.29, 1.82) is 0 Å². The van der Waals surface area contributed by atoms with Crippen molar-refractivity contribution in [3.05, 3.63) is 36.5 Å². The second kappa shape index (κ2) is 4.35. The maximum absolute atomic E-state index is 12.2. The molecule has 0 saturated carbocycles. The number of hydrogen-bond donors (Lipinski definition) is 1. The van der Waals surface area contributed by atoms with Crippen LogP contribution in [-0.4, -0.2) is 29.4 Å². The number of aromatic nitrogens is 1. The predicted molar refractivity (Wildman–Crippen MR) is 71.7 cm³/mol. The molecule has 96 valence electrons. The zero-order valence-corrected chi connectivity index (χ0v) is 10.5. The van der Waals surface area contributed by atoms with E-state index in [2.05, 4.69) is 10.3 Å². The molecule has 1 aliphatic rings. The van der Waals surface area contributed by atoms with Crippen molar-refractivity contribution in [3.63, 3.8) is 0 Å². The standard InChI is InChI=1S/C14H13N3O2/c1-9-14(19)17(8-13(18)16-9)12-6-2-5-11-10(12)4-3-7-15-11/h2-7,9H,8H2,1H3,(H,16,18). The van der Waals surface area contributed by atoms with Crippen LogP contribution in [0.2, 0.25) is 0 Å². The number of anilines is 1. The van der Waals surface area contributed by atoms with Gasteiger partial charge in [-0.15, -0.1) is 0 Å². The molecule has 2 heterocycles. The predicted octanol–water partition coefficient (Wildman–Crippen LogP) is 1.09. The molecule has 2 amide bonds. The second-order valence-corrected chi connectivity index (χ2v) is 4.56. The third kappa shape index (κ3) is 1.93. The lowest BCUT2D eigenvalue weighted by Gasteiger charge is -2.31. The number of carbonyl (C=O) groups excluding carboxylic acids is 2. The lowest BCUT2D eigenvalue weighted by atomic mass is 10.1. The average molecular weight is 255 g/mol. The number of benzene rings is 1. The molecular formula is C14H13N3O2. The number of fused-ring (bicyclic) bond motifs is 1. The first-order valence-corrected chi connectivity index (χ1v) is 6.11. The lowest BCUT2D eigenvalue weighted by molar-refractivity contribution is -0.130. The van der Waals surface area contributed by atoms with Gasteiger partial charge in [0.05, 0.1) is 11.2 Å². The molecule has 1 N–H and O–H groups in total. The van der Waals surface area contributed by atoms with Crippen molar-refractivity contribution in [1.82, 2.24) is 10.3 Å². The Kier molecular flexibility index (Phi) is 2.67. The maximum atomic E-state index is 12.2. The summed E-state index contributed by atoms with van der Waals surface area (Å²) < 4.78 is 0. The number of hydrogen-bond acceptors (Lipinski definition) is 3. The van der Waals surface area contributed by atoms with Gasteiger partial charge in [-0.05, 0) is 31.2 Å². The van der Waals surface area contributed by atoms with E-state index in [9.17, 15) is 9.59 Å². The van der Waals surface area contributed by atoms with E-state index in [4.69, 9.17) is 0 Å². The van der Waals surface area contributed by atoms with E-state index in [0.717, 1.165) is 16.6 Å². The summed E-state index contributed by atoms with van der Waals surface area (Å²) in [5.74, 6) is -0.246. The number of carbonyl (C=O) groups is 2. The minimum absolute atomic E-state index is 0.0528. The summed E-state index contributed by atoms with van der Waals surface area (Å²) in [5, 5.41) is 3.51. The van der Waals surface area contributed by atoms with Gasteiger partial charge in [-0.1, -0.05) is 6.07 Å². The van der Waals surface area contributed by atoms with Crippen LogP contribution in [0.5, 0.6) is 0 Å². The molecule has 0 bridgehead atoms. The van der Waals surface area contributed by atoms with Crippen LogP contribution in [0.3, 0.4) is 0 Å². The molecule has 1 saturated heterocycles. The molecular weight excluding hydrogens is 242 g/mol. The lowest BCUT2D eigenvalue weighted by Crippen LogP contribution is -2.57. The number of amides is 2. The molecule has 1 aliphatic heterocycles. The first-order chi connectivity index (χ1) is 9.16. The Morgan fingerprint density at radius 2 is 2.11 bits per heavy atom. The van der Waals surface area contributed by atoms with Gasteiger partial charge in [0.25, 0.3) is 0 Å². The molecule has 5 heteroatoms. The van der Waals surface area contributed by atoms with Gasteiger partial charge in [0.1, 0.15) is 12.6 Å². The summed E-state index contributed by atoms with van der Waals surface area (Å²) >= 11 is 0. The minimum atomic E-state index is -0.492. The zero-order valence-electron chi connectivity index (χ0n) is 10.5. The largest absolute Gasteiger partial charge is 0.343 e. The van der Waals surface area contributed by atoms with Crippen LogP contribution >= 0.6 is 0 Å². The van der Waals surface area contributed by atoms with Gasteiger partial charge in [-0.3, -0.25) is 14.6 Å². The van der Waals surface area contributed by atoms with E-state index >= 15 is 0 Å². The number of nitrogens with one attached hydrogen (secondary N) is 1.